The van der Waals surface area contributed by atoms with Crippen molar-refractivity contribution in [3.05, 3.63) is 95.8 Å². The van der Waals surface area contributed by atoms with Crippen LogP contribution in [0.4, 0.5) is 5.69 Å². The van der Waals surface area contributed by atoms with E-state index in [1.165, 1.54) is 16.7 Å². The first-order chi connectivity index (χ1) is 18.2. The number of pyridine rings is 1. The first kappa shape index (κ1) is 27.0. The molecule has 0 bridgehead atoms. The summed E-state index contributed by atoms with van der Waals surface area (Å²) in [7, 11) is -3.77. The number of nitrogens with zero attached hydrogens (tertiary/aromatic N) is 2. The Kier molecular flexibility index (Phi) is 8.49. The molecule has 1 aliphatic rings. The molecule has 0 spiro atoms. The second kappa shape index (κ2) is 12.0. The zero-order valence-corrected chi connectivity index (χ0v) is 21.3. The number of nitrogens with one attached hydrogen (secondary N) is 2. The van der Waals surface area contributed by atoms with E-state index in [2.05, 4.69) is 15.6 Å². The Bertz CT molecular complexity index is 1380. The fourth-order valence-electron chi connectivity index (χ4n) is 4.34. The maximum atomic E-state index is 13.0. The van der Waals surface area contributed by atoms with Crippen LogP contribution in [0.3, 0.4) is 0 Å². The molecule has 38 heavy (non-hydrogen) atoms. The summed E-state index contributed by atoms with van der Waals surface area (Å²) in [6, 6.07) is 16.3. The molecule has 2 aromatic carbocycles. The van der Waals surface area contributed by atoms with Gasteiger partial charge in [0.2, 0.25) is 15.9 Å². The molecule has 1 fully saturated rings. The van der Waals surface area contributed by atoms with Crippen LogP contribution < -0.4 is 10.6 Å². The van der Waals surface area contributed by atoms with Crippen molar-refractivity contribution < 1.29 is 27.9 Å². The van der Waals surface area contributed by atoms with Crippen LogP contribution >= 0.6 is 0 Å². The van der Waals surface area contributed by atoms with Gasteiger partial charge in [0.1, 0.15) is 12.1 Å². The number of carboxylic acid groups (broad SMARTS) is 1. The molecule has 0 aliphatic carbocycles. The van der Waals surface area contributed by atoms with E-state index < -0.39 is 34.0 Å². The number of sulfonamides is 1. The van der Waals surface area contributed by atoms with Crippen molar-refractivity contribution in [3.8, 4) is 0 Å². The molecular formula is C27H28N4O6S. The summed E-state index contributed by atoms with van der Waals surface area (Å²) in [6.07, 6.45) is 3.85. The van der Waals surface area contributed by atoms with Crippen LogP contribution in [0.25, 0.3) is 0 Å². The van der Waals surface area contributed by atoms with Crippen LogP contribution in [-0.2, 0) is 31.8 Å². The highest BCUT2D eigenvalue weighted by molar-refractivity contribution is 7.88. The highest BCUT2D eigenvalue weighted by Crippen LogP contribution is 2.24. The Morgan fingerprint density at radius 3 is 2.32 bits per heavy atom. The van der Waals surface area contributed by atoms with Gasteiger partial charge in [-0.2, -0.15) is 4.31 Å². The van der Waals surface area contributed by atoms with E-state index in [1.54, 1.807) is 66.7 Å². The molecule has 3 aromatic rings. The van der Waals surface area contributed by atoms with Gasteiger partial charge in [-0.3, -0.25) is 14.6 Å². The molecule has 0 saturated carbocycles. The van der Waals surface area contributed by atoms with Crippen molar-refractivity contribution >= 4 is 33.5 Å². The lowest BCUT2D eigenvalue weighted by atomic mass is 10.0. The van der Waals surface area contributed by atoms with E-state index >= 15 is 0 Å². The molecule has 1 saturated heterocycles. The number of carbonyl (C=O) groups is 3. The summed E-state index contributed by atoms with van der Waals surface area (Å²) >= 11 is 0. The largest absolute Gasteiger partial charge is 0.480 e. The van der Waals surface area contributed by atoms with Crippen LogP contribution in [0.5, 0.6) is 0 Å². The number of aliphatic carboxylic acids is 1. The monoisotopic (exact) mass is 536 g/mol. The van der Waals surface area contributed by atoms with Crippen molar-refractivity contribution in [1.29, 1.82) is 0 Å². The molecule has 10 nitrogen and oxygen atoms in total. The lowest BCUT2D eigenvalue weighted by Crippen LogP contribution is -2.51. The quantitative estimate of drug-likeness (QED) is 0.361. The number of benzene rings is 2. The van der Waals surface area contributed by atoms with Crippen molar-refractivity contribution in [2.45, 2.75) is 37.1 Å². The Hall–Kier alpha value is -4.09. The summed E-state index contributed by atoms with van der Waals surface area (Å²) in [5.74, 6) is -2.40. The predicted molar refractivity (Wildman–Crippen MR) is 141 cm³/mol. The van der Waals surface area contributed by atoms with Gasteiger partial charge in [-0.1, -0.05) is 42.5 Å². The van der Waals surface area contributed by atoms with Crippen molar-refractivity contribution in [2.24, 2.45) is 0 Å². The van der Waals surface area contributed by atoms with Gasteiger partial charge < -0.3 is 15.7 Å². The number of anilines is 1. The molecule has 198 valence electrons. The van der Waals surface area contributed by atoms with Gasteiger partial charge in [0.25, 0.3) is 5.91 Å². The molecule has 0 radical (unpaired) electrons. The molecule has 2 amide bonds. The van der Waals surface area contributed by atoms with Gasteiger partial charge in [0, 0.05) is 36.6 Å². The van der Waals surface area contributed by atoms with E-state index in [0.717, 1.165) is 0 Å². The molecule has 3 N–H and O–H groups in total. The van der Waals surface area contributed by atoms with Gasteiger partial charge in [0.05, 0.1) is 5.75 Å². The zero-order chi connectivity index (χ0) is 27.1. The van der Waals surface area contributed by atoms with E-state index in [9.17, 15) is 27.9 Å². The van der Waals surface area contributed by atoms with Crippen LogP contribution in [0.15, 0.2) is 79.1 Å². The lowest BCUT2D eigenvalue weighted by Gasteiger charge is -2.25. The number of hydrogen-bond donors (Lipinski definition) is 3. The zero-order valence-electron chi connectivity index (χ0n) is 20.5. The second-order valence-electron chi connectivity index (χ2n) is 9.00. The standard InChI is InChI=1S/C27H28N4O6S/c32-25(21-12-14-28-15-13-21)29-22-10-8-19(9-11-22)17-23(27(34)35)30-26(33)24-7-4-16-31(24)38(36,37)18-20-5-2-1-3-6-20/h1-3,5-6,8-15,23-24H,4,7,16-18H2,(H,29,32)(H,30,33)(H,34,35)/t23-,24-/m0/s1. The molecular weight excluding hydrogens is 508 g/mol. The Morgan fingerprint density at radius 1 is 0.974 bits per heavy atom. The minimum atomic E-state index is -3.77. The van der Waals surface area contributed by atoms with Gasteiger partial charge in [-0.15, -0.1) is 0 Å². The fraction of sp³-hybridized carbons (Fsp3) is 0.259. The van der Waals surface area contributed by atoms with Gasteiger partial charge in [-0.25, -0.2) is 13.2 Å². The summed E-state index contributed by atoms with van der Waals surface area (Å²) in [5.41, 5.74) is 2.21. The topological polar surface area (TPSA) is 146 Å². The molecule has 1 aromatic heterocycles. The third-order valence-corrected chi connectivity index (χ3v) is 8.11. The number of aromatic nitrogens is 1. The summed E-state index contributed by atoms with van der Waals surface area (Å²) < 4.78 is 27.2. The average molecular weight is 537 g/mol. The van der Waals surface area contributed by atoms with Gasteiger partial charge in [0.15, 0.2) is 0 Å². The van der Waals surface area contributed by atoms with E-state index in [0.29, 0.717) is 35.2 Å². The molecule has 2 heterocycles. The van der Waals surface area contributed by atoms with Crippen molar-refractivity contribution in [1.82, 2.24) is 14.6 Å². The first-order valence-corrected chi connectivity index (χ1v) is 13.7. The fourth-order valence-corrected chi connectivity index (χ4v) is 6.11. The minimum Gasteiger partial charge on any atom is -0.480 e. The molecule has 0 unspecified atom stereocenters. The highest BCUT2D eigenvalue weighted by atomic mass is 32.2. The number of carboxylic acids is 1. The van der Waals surface area contributed by atoms with Crippen molar-refractivity contribution in [3.63, 3.8) is 0 Å². The van der Waals surface area contributed by atoms with E-state index in [4.69, 9.17) is 0 Å². The van der Waals surface area contributed by atoms with E-state index in [-0.39, 0.29) is 24.6 Å². The third kappa shape index (κ3) is 6.81. The van der Waals surface area contributed by atoms with Gasteiger partial charge >= 0.3 is 5.97 Å². The van der Waals surface area contributed by atoms with Crippen LogP contribution in [0.2, 0.25) is 0 Å². The average Bonchev–Trinajstić information content (AvgIpc) is 3.42. The van der Waals surface area contributed by atoms with Crippen LogP contribution in [-0.4, -0.2) is 59.2 Å². The Balaban J connectivity index is 1.38. The minimum absolute atomic E-state index is 0.0108. The number of hydrogen-bond acceptors (Lipinski definition) is 6. The number of amides is 2. The Morgan fingerprint density at radius 2 is 1.66 bits per heavy atom. The second-order valence-corrected chi connectivity index (χ2v) is 10.9. The smallest absolute Gasteiger partial charge is 0.326 e. The van der Waals surface area contributed by atoms with E-state index in [1.807, 2.05) is 0 Å². The SMILES string of the molecule is O=C(Nc1ccc(C[C@H](NC(=O)[C@@H]2CCCN2S(=O)(=O)Cc2ccccc2)C(=O)O)cc1)c1ccncc1. The molecule has 11 heteroatoms. The molecule has 2 atom stereocenters. The molecule has 4 rings (SSSR count). The maximum absolute atomic E-state index is 13.0. The predicted octanol–water partition coefficient (Wildman–Crippen LogP) is 2.44. The highest BCUT2D eigenvalue weighted by Gasteiger charge is 2.39. The number of carbonyl (C=O) groups excluding carboxylic acids is 2. The maximum Gasteiger partial charge on any atom is 0.326 e. The lowest BCUT2D eigenvalue weighted by molar-refractivity contribution is -0.142. The van der Waals surface area contributed by atoms with Crippen LogP contribution in [0.1, 0.15) is 34.3 Å². The third-order valence-electron chi connectivity index (χ3n) is 6.26. The first-order valence-electron chi connectivity index (χ1n) is 12.1. The van der Waals surface area contributed by atoms with Crippen molar-refractivity contribution in [2.75, 3.05) is 11.9 Å². The normalized spacial score (nSPS) is 16.5. The molecule has 1 aliphatic heterocycles. The van der Waals surface area contributed by atoms with Crippen LogP contribution in [0, 0.1) is 0 Å². The Labute approximate surface area is 220 Å². The van der Waals surface area contributed by atoms with Gasteiger partial charge in [-0.05, 0) is 48.2 Å². The number of rotatable bonds is 10. The summed E-state index contributed by atoms with van der Waals surface area (Å²) in [5, 5.41) is 15.0. The summed E-state index contributed by atoms with van der Waals surface area (Å²) in [4.78, 5) is 41.2. The summed E-state index contributed by atoms with van der Waals surface area (Å²) in [6.45, 7) is 0.206.